The maximum absolute atomic E-state index is 5.11. The summed E-state index contributed by atoms with van der Waals surface area (Å²) in [4.78, 5) is 1.04. The highest BCUT2D eigenvalue weighted by Crippen LogP contribution is 2.22. The average molecular weight is 196 g/mol. The van der Waals surface area contributed by atoms with E-state index in [1.165, 1.54) is 18.4 Å². The smallest absolute Gasteiger partial charge is 0.119 e. The third-order valence-electron chi connectivity index (χ3n) is 2.09. The second-order valence-corrected chi connectivity index (χ2v) is 3.58. The highest BCUT2D eigenvalue weighted by Gasteiger charge is 1.99. The van der Waals surface area contributed by atoms with Gasteiger partial charge in [0.25, 0.3) is 0 Å². The minimum Gasteiger partial charge on any atom is -0.497 e. The molecule has 0 aliphatic carbocycles. The molecule has 0 radical (unpaired) electrons. The molecule has 0 aromatic heterocycles. The fourth-order valence-corrected chi connectivity index (χ4v) is 1.56. The summed E-state index contributed by atoms with van der Waals surface area (Å²) in [6.45, 7) is 2.20. The fourth-order valence-electron chi connectivity index (χ4n) is 1.25. The van der Waals surface area contributed by atoms with Crippen LogP contribution < -0.4 is 4.74 Å². The molecule has 0 N–H and O–H groups in total. The van der Waals surface area contributed by atoms with Gasteiger partial charge in [0.05, 0.1) is 7.11 Å². The van der Waals surface area contributed by atoms with Crippen molar-refractivity contribution in [3.8, 4) is 5.75 Å². The van der Waals surface area contributed by atoms with E-state index in [-0.39, 0.29) is 0 Å². The molecule has 0 saturated carbocycles. The van der Waals surface area contributed by atoms with Crippen LogP contribution in [0.15, 0.2) is 23.1 Å². The van der Waals surface area contributed by atoms with Gasteiger partial charge in [-0.1, -0.05) is 19.4 Å². The number of unbranched alkanes of at least 4 members (excludes halogenated alkanes) is 1. The van der Waals surface area contributed by atoms with Crippen LogP contribution in [0.1, 0.15) is 25.3 Å². The summed E-state index contributed by atoms with van der Waals surface area (Å²) in [5.41, 5.74) is 1.31. The van der Waals surface area contributed by atoms with Gasteiger partial charge in [-0.25, -0.2) is 0 Å². The van der Waals surface area contributed by atoms with E-state index in [2.05, 4.69) is 25.6 Å². The fraction of sp³-hybridized carbons (Fsp3) is 0.455. The van der Waals surface area contributed by atoms with Gasteiger partial charge in [-0.2, -0.15) is 0 Å². The lowest BCUT2D eigenvalue weighted by Gasteiger charge is -2.06. The second kappa shape index (κ2) is 5.18. The molecular weight excluding hydrogens is 180 g/mol. The Morgan fingerprint density at radius 3 is 2.69 bits per heavy atom. The number of aryl methyl sites for hydroxylation is 1. The Labute approximate surface area is 85.5 Å². The van der Waals surface area contributed by atoms with E-state index in [1.54, 1.807) is 7.11 Å². The van der Waals surface area contributed by atoms with Gasteiger partial charge in [0.1, 0.15) is 5.75 Å². The molecule has 0 atom stereocenters. The van der Waals surface area contributed by atoms with Crippen LogP contribution in [0.4, 0.5) is 0 Å². The highest BCUT2D eigenvalue weighted by atomic mass is 32.1. The number of hydrogen-bond donors (Lipinski definition) is 1. The lowest BCUT2D eigenvalue weighted by Crippen LogP contribution is -1.89. The van der Waals surface area contributed by atoms with Crippen LogP contribution in [0, 0.1) is 0 Å². The van der Waals surface area contributed by atoms with E-state index in [0.717, 1.165) is 17.1 Å². The molecule has 1 nitrogen and oxygen atoms in total. The summed E-state index contributed by atoms with van der Waals surface area (Å²) in [5, 5.41) is 0. The Kier molecular flexibility index (Phi) is 4.16. The zero-order chi connectivity index (χ0) is 9.68. The lowest BCUT2D eigenvalue weighted by molar-refractivity contribution is 0.413. The van der Waals surface area contributed by atoms with Crippen molar-refractivity contribution in [3.05, 3.63) is 23.8 Å². The summed E-state index contributed by atoms with van der Waals surface area (Å²) in [5.74, 6) is 0.880. The van der Waals surface area contributed by atoms with Crippen molar-refractivity contribution in [1.29, 1.82) is 0 Å². The maximum Gasteiger partial charge on any atom is 0.119 e. The molecule has 0 bridgehead atoms. The van der Waals surface area contributed by atoms with Crippen molar-refractivity contribution < 1.29 is 4.74 Å². The maximum atomic E-state index is 5.11. The standard InChI is InChI=1S/C11H16OS/c1-3-4-5-9-6-7-10(12-2)8-11(9)13/h6-8,13H,3-5H2,1-2H3. The van der Waals surface area contributed by atoms with E-state index < -0.39 is 0 Å². The van der Waals surface area contributed by atoms with Crippen molar-refractivity contribution in [2.45, 2.75) is 31.1 Å². The number of hydrogen-bond acceptors (Lipinski definition) is 2. The third kappa shape index (κ3) is 2.96. The average Bonchev–Trinajstić information content (AvgIpc) is 2.16. The van der Waals surface area contributed by atoms with Gasteiger partial charge >= 0.3 is 0 Å². The third-order valence-corrected chi connectivity index (χ3v) is 2.51. The van der Waals surface area contributed by atoms with E-state index in [1.807, 2.05) is 12.1 Å². The minimum atomic E-state index is 0.880. The Bertz CT molecular complexity index is 271. The molecule has 0 unspecified atom stereocenters. The van der Waals surface area contributed by atoms with Gasteiger partial charge < -0.3 is 4.74 Å². The Morgan fingerprint density at radius 2 is 2.15 bits per heavy atom. The molecule has 72 valence electrons. The van der Waals surface area contributed by atoms with Gasteiger partial charge in [-0.15, -0.1) is 12.6 Å². The summed E-state index contributed by atoms with van der Waals surface area (Å²) in [6.07, 6.45) is 3.55. The quantitative estimate of drug-likeness (QED) is 0.727. The van der Waals surface area contributed by atoms with Crippen molar-refractivity contribution >= 4 is 12.6 Å². The first-order valence-electron chi connectivity index (χ1n) is 4.63. The number of ether oxygens (including phenoxy) is 1. The molecule has 1 aromatic rings. The van der Waals surface area contributed by atoms with Gasteiger partial charge in [-0.05, 0) is 30.5 Å². The van der Waals surface area contributed by atoms with Crippen LogP contribution in [0.25, 0.3) is 0 Å². The van der Waals surface area contributed by atoms with E-state index in [4.69, 9.17) is 4.74 Å². The molecular formula is C11H16OS. The van der Waals surface area contributed by atoms with Gasteiger partial charge in [0.2, 0.25) is 0 Å². The number of rotatable bonds is 4. The minimum absolute atomic E-state index is 0.880. The van der Waals surface area contributed by atoms with E-state index in [9.17, 15) is 0 Å². The number of methoxy groups -OCH3 is 1. The summed E-state index contributed by atoms with van der Waals surface area (Å²) in [6, 6.07) is 6.05. The zero-order valence-electron chi connectivity index (χ0n) is 8.21. The van der Waals surface area contributed by atoms with Gasteiger partial charge in [0.15, 0.2) is 0 Å². The number of thiol groups is 1. The van der Waals surface area contributed by atoms with Crippen molar-refractivity contribution in [2.24, 2.45) is 0 Å². The zero-order valence-corrected chi connectivity index (χ0v) is 9.10. The molecule has 13 heavy (non-hydrogen) atoms. The Hall–Kier alpha value is -0.630. The molecule has 0 spiro atoms. The lowest BCUT2D eigenvalue weighted by atomic mass is 10.1. The number of benzene rings is 1. The second-order valence-electron chi connectivity index (χ2n) is 3.10. The molecule has 0 saturated heterocycles. The largest absolute Gasteiger partial charge is 0.497 e. The molecule has 0 aliphatic heterocycles. The predicted octanol–water partition coefficient (Wildman–Crippen LogP) is 3.33. The van der Waals surface area contributed by atoms with Crippen LogP contribution in [-0.2, 0) is 6.42 Å². The topological polar surface area (TPSA) is 9.23 Å². The SMILES string of the molecule is CCCCc1ccc(OC)cc1S. The van der Waals surface area contributed by atoms with Gasteiger partial charge in [0, 0.05) is 4.90 Å². The molecule has 0 heterocycles. The summed E-state index contributed by atoms with van der Waals surface area (Å²) in [7, 11) is 1.67. The van der Waals surface area contributed by atoms with Crippen LogP contribution >= 0.6 is 12.6 Å². The van der Waals surface area contributed by atoms with Crippen LogP contribution in [0.2, 0.25) is 0 Å². The summed E-state index contributed by atoms with van der Waals surface area (Å²) >= 11 is 4.41. The molecule has 0 aliphatic rings. The highest BCUT2D eigenvalue weighted by molar-refractivity contribution is 7.80. The van der Waals surface area contributed by atoms with Crippen LogP contribution in [0.3, 0.4) is 0 Å². The van der Waals surface area contributed by atoms with Crippen LogP contribution in [-0.4, -0.2) is 7.11 Å². The molecule has 0 fully saturated rings. The van der Waals surface area contributed by atoms with Crippen molar-refractivity contribution in [3.63, 3.8) is 0 Å². The summed E-state index contributed by atoms with van der Waals surface area (Å²) < 4.78 is 5.11. The van der Waals surface area contributed by atoms with Crippen molar-refractivity contribution in [2.75, 3.05) is 7.11 Å². The molecule has 1 rings (SSSR count). The first-order chi connectivity index (χ1) is 6.27. The first kappa shape index (κ1) is 10.5. The van der Waals surface area contributed by atoms with Gasteiger partial charge in [-0.3, -0.25) is 0 Å². The molecule has 0 amide bonds. The Balaban J connectivity index is 2.73. The normalized spacial score (nSPS) is 10.1. The molecule has 2 heteroatoms. The monoisotopic (exact) mass is 196 g/mol. The van der Waals surface area contributed by atoms with E-state index >= 15 is 0 Å². The van der Waals surface area contributed by atoms with Crippen LogP contribution in [0.5, 0.6) is 5.75 Å². The van der Waals surface area contributed by atoms with E-state index in [0.29, 0.717) is 0 Å². The predicted molar refractivity (Wildman–Crippen MR) is 58.9 cm³/mol. The first-order valence-corrected chi connectivity index (χ1v) is 5.08. The van der Waals surface area contributed by atoms with Crippen molar-refractivity contribution in [1.82, 2.24) is 0 Å². The Morgan fingerprint density at radius 1 is 1.38 bits per heavy atom. The molecule has 1 aromatic carbocycles.